The number of benzene rings is 1. The Bertz CT molecular complexity index is 801. The molecule has 0 aliphatic heterocycles. The first kappa shape index (κ1) is 14.1. The lowest BCUT2D eigenvalue weighted by atomic mass is 10.2. The van der Waals surface area contributed by atoms with E-state index in [1.807, 2.05) is 6.20 Å². The van der Waals surface area contributed by atoms with Gasteiger partial charge in [-0.05, 0) is 36.6 Å². The number of nitrogens with one attached hydrogen (secondary N) is 1. The van der Waals surface area contributed by atoms with Crippen LogP contribution in [0.4, 0.5) is 4.39 Å². The fraction of sp³-hybridized carbons (Fsp3) is 0.200. The quantitative estimate of drug-likeness (QED) is 0.727. The fourth-order valence-corrected chi connectivity index (χ4v) is 2.11. The molecule has 0 radical (unpaired) electrons. The smallest absolute Gasteiger partial charge is 0.252 e. The highest BCUT2D eigenvalue weighted by atomic mass is 19.1. The Kier molecular flexibility index (Phi) is 4.04. The molecule has 1 aromatic carbocycles. The van der Waals surface area contributed by atoms with Gasteiger partial charge in [-0.2, -0.15) is 10.1 Å². The van der Waals surface area contributed by atoms with Crippen LogP contribution in [0.5, 0.6) is 0 Å². The molecule has 6 nitrogen and oxygen atoms in total. The third kappa shape index (κ3) is 3.25. The molecule has 0 bridgehead atoms. The number of rotatable bonds is 5. The molecule has 0 aliphatic rings. The molecular formula is C15H14FN5O. The highest BCUT2D eigenvalue weighted by Gasteiger charge is 2.05. The van der Waals surface area contributed by atoms with Crippen LogP contribution in [0, 0.1) is 5.82 Å². The van der Waals surface area contributed by atoms with E-state index in [1.54, 1.807) is 16.8 Å². The summed E-state index contributed by atoms with van der Waals surface area (Å²) < 4.78 is 14.6. The average Bonchev–Trinajstić information content (AvgIpc) is 2.99. The summed E-state index contributed by atoms with van der Waals surface area (Å²) in [4.78, 5) is 20.0. The second kappa shape index (κ2) is 6.30. The minimum atomic E-state index is -0.417. The topological polar surface area (TPSA) is 72.2 Å². The zero-order valence-corrected chi connectivity index (χ0v) is 11.7. The number of hydrogen-bond acceptors (Lipinski definition) is 4. The lowest BCUT2D eigenvalue weighted by Gasteiger charge is -2.05. The van der Waals surface area contributed by atoms with Crippen molar-refractivity contribution in [1.29, 1.82) is 0 Å². The first-order valence-electron chi connectivity index (χ1n) is 6.90. The highest BCUT2D eigenvalue weighted by Crippen LogP contribution is 2.04. The van der Waals surface area contributed by atoms with Gasteiger partial charge >= 0.3 is 0 Å². The molecule has 0 aliphatic carbocycles. The van der Waals surface area contributed by atoms with Gasteiger partial charge in [0.15, 0.2) is 0 Å². The number of halogens is 1. The third-order valence-corrected chi connectivity index (χ3v) is 3.20. The van der Waals surface area contributed by atoms with E-state index in [9.17, 15) is 9.18 Å². The van der Waals surface area contributed by atoms with Gasteiger partial charge in [0, 0.05) is 24.5 Å². The van der Waals surface area contributed by atoms with Crippen LogP contribution in [0.1, 0.15) is 22.3 Å². The molecule has 0 atom stereocenters. The lowest BCUT2D eigenvalue weighted by molar-refractivity contribution is 0.0953. The van der Waals surface area contributed by atoms with E-state index in [0.29, 0.717) is 17.9 Å². The molecule has 3 aromatic rings. The Morgan fingerprint density at radius 2 is 2.23 bits per heavy atom. The van der Waals surface area contributed by atoms with Crippen LogP contribution in [-0.4, -0.2) is 32.0 Å². The molecule has 2 aromatic heterocycles. The second-order valence-corrected chi connectivity index (χ2v) is 4.84. The summed E-state index contributed by atoms with van der Waals surface area (Å²) in [6.07, 6.45) is 6.57. The average molecular weight is 299 g/mol. The number of nitrogens with zero attached hydrogens (tertiary/aromatic N) is 4. The zero-order chi connectivity index (χ0) is 15.4. The predicted molar refractivity (Wildman–Crippen MR) is 77.8 cm³/mol. The lowest BCUT2D eigenvalue weighted by Crippen LogP contribution is -2.24. The summed E-state index contributed by atoms with van der Waals surface area (Å²) in [5.41, 5.74) is 1.34. The molecule has 0 saturated heterocycles. The van der Waals surface area contributed by atoms with E-state index in [2.05, 4.69) is 20.4 Å². The van der Waals surface area contributed by atoms with Gasteiger partial charge in [-0.3, -0.25) is 4.79 Å². The van der Waals surface area contributed by atoms with Crippen LogP contribution in [0.15, 0.2) is 43.0 Å². The number of fused-ring (bicyclic) bond motifs is 1. The molecule has 112 valence electrons. The minimum Gasteiger partial charge on any atom is -0.352 e. The normalized spacial score (nSPS) is 10.8. The number of aryl methyl sites for hydroxylation is 1. The molecule has 7 heteroatoms. The molecule has 3 rings (SSSR count). The number of amides is 1. The maximum Gasteiger partial charge on any atom is 0.252 e. The van der Waals surface area contributed by atoms with Crippen molar-refractivity contribution in [2.75, 3.05) is 6.54 Å². The van der Waals surface area contributed by atoms with Gasteiger partial charge < -0.3 is 5.32 Å². The SMILES string of the molecule is O=C(NCCCc1cnc2ncnn2c1)c1cccc(F)c1. The maximum atomic E-state index is 13.0. The Hall–Kier alpha value is -2.83. The van der Waals surface area contributed by atoms with Gasteiger partial charge in [0.1, 0.15) is 12.1 Å². The Balaban J connectivity index is 1.49. The fourth-order valence-electron chi connectivity index (χ4n) is 2.11. The molecule has 0 fully saturated rings. The van der Waals surface area contributed by atoms with Gasteiger partial charge in [0.25, 0.3) is 11.7 Å². The van der Waals surface area contributed by atoms with E-state index < -0.39 is 5.82 Å². The molecular weight excluding hydrogens is 285 g/mol. The number of aromatic nitrogens is 4. The second-order valence-electron chi connectivity index (χ2n) is 4.84. The van der Waals surface area contributed by atoms with E-state index in [-0.39, 0.29) is 5.91 Å². The third-order valence-electron chi connectivity index (χ3n) is 3.20. The largest absolute Gasteiger partial charge is 0.352 e. The van der Waals surface area contributed by atoms with Gasteiger partial charge in [-0.15, -0.1) is 0 Å². The van der Waals surface area contributed by atoms with Gasteiger partial charge in [-0.25, -0.2) is 13.9 Å². The molecule has 1 amide bonds. The van der Waals surface area contributed by atoms with Crippen molar-refractivity contribution in [2.24, 2.45) is 0 Å². The van der Waals surface area contributed by atoms with E-state index in [1.165, 1.54) is 24.5 Å². The molecule has 0 spiro atoms. The van der Waals surface area contributed by atoms with Crippen molar-refractivity contribution < 1.29 is 9.18 Å². The van der Waals surface area contributed by atoms with Gasteiger partial charge in [0.2, 0.25) is 0 Å². The summed E-state index contributed by atoms with van der Waals surface area (Å²) in [5.74, 6) is -0.132. The monoisotopic (exact) mass is 299 g/mol. The van der Waals surface area contributed by atoms with E-state index in [4.69, 9.17) is 0 Å². The van der Waals surface area contributed by atoms with Crippen molar-refractivity contribution in [3.05, 3.63) is 59.9 Å². The summed E-state index contributed by atoms with van der Waals surface area (Å²) in [5, 5.41) is 6.79. The Morgan fingerprint density at radius 3 is 3.09 bits per heavy atom. The number of hydrogen-bond donors (Lipinski definition) is 1. The van der Waals surface area contributed by atoms with Crippen molar-refractivity contribution in [2.45, 2.75) is 12.8 Å². The molecule has 1 N–H and O–H groups in total. The van der Waals surface area contributed by atoms with E-state index in [0.717, 1.165) is 18.4 Å². The zero-order valence-electron chi connectivity index (χ0n) is 11.7. The Morgan fingerprint density at radius 1 is 1.32 bits per heavy atom. The minimum absolute atomic E-state index is 0.274. The summed E-state index contributed by atoms with van der Waals surface area (Å²) >= 11 is 0. The first-order chi connectivity index (χ1) is 10.7. The highest BCUT2D eigenvalue weighted by molar-refractivity contribution is 5.94. The van der Waals surface area contributed by atoms with E-state index >= 15 is 0 Å². The van der Waals surface area contributed by atoms with Crippen molar-refractivity contribution >= 4 is 11.7 Å². The Labute approximate surface area is 126 Å². The van der Waals surface area contributed by atoms with Crippen LogP contribution in [0.25, 0.3) is 5.78 Å². The van der Waals surface area contributed by atoms with Crippen LogP contribution in [-0.2, 0) is 6.42 Å². The molecule has 2 heterocycles. The molecule has 22 heavy (non-hydrogen) atoms. The predicted octanol–water partition coefficient (Wildman–Crippen LogP) is 1.63. The van der Waals surface area contributed by atoms with Crippen LogP contribution >= 0.6 is 0 Å². The number of carbonyl (C=O) groups excluding carboxylic acids is 1. The van der Waals surface area contributed by atoms with Crippen molar-refractivity contribution in [1.82, 2.24) is 24.9 Å². The van der Waals surface area contributed by atoms with Crippen LogP contribution in [0.3, 0.4) is 0 Å². The standard InChI is InChI=1S/C15H14FN5O/c16-13-5-1-4-12(7-13)14(22)17-6-2-3-11-8-18-15-19-10-20-21(15)9-11/h1,4-5,7-10H,2-3,6H2,(H,17,22). The van der Waals surface area contributed by atoms with Gasteiger partial charge in [0.05, 0.1) is 0 Å². The van der Waals surface area contributed by atoms with Crippen LogP contribution < -0.4 is 5.32 Å². The maximum absolute atomic E-state index is 13.0. The number of carbonyl (C=O) groups is 1. The van der Waals surface area contributed by atoms with Crippen LogP contribution in [0.2, 0.25) is 0 Å². The van der Waals surface area contributed by atoms with Crippen molar-refractivity contribution in [3.8, 4) is 0 Å². The summed E-state index contributed by atoms with van der Waals surface area (Å²) in [6.45, 7) is 0.505. The summed E-state index contributed by atoms with van der Waals surface area (Å²) in [7, 11) is 0. The van der Waals surface area contributed by atoms with Crippen molar-refractivity contribution in [3.63, 3.8) is 0 Å². The van der Waals surface area contributed by atoms with Gasteiger partial charge in [-0.1, -0.05) is 6.07 Å². The molecule has 0 unspecified atom stereocenters. The molecule has 0 saturated carbocycles. The first-order valence-corrected chi connectivity index (χ1v) is 6.90. The summed E-state index contributed by atoms with van der Waals surface area (Å²) in [6, 6.07) is 5.63.